The van der Waals surface area contributed by atoms with E-state index in [2.05, 4.69) is 19.9 Å². The van der Waals surface area contributed by atoms with E-state index in [9.17, 15) is 9.59 Å². The Morgan fingerprint density at radius 3 is 2.80 bits per heavy atom. The highest BCUT2D eigenvalue weighted by atomic mass is 32.1. The van der Waals surface area contributed by atoms with Gasteiger partial charge in [-0.15, -0.1) is 11.3 Å². The number of aromatic amines is 1. The predicted octanol–water partition coefficient (Wildman–Crippen LogP) is 2.43. The van der Waals surface area contributed by atoms with Gasteiger partial charge >= 0.3 is 0 Å². The van der Waals surface area contributed by atoms with Crippen LogP contribution in [0, 0.1) is 0 Å². The van der Waals surface area contributed by atoms with Crippen LogP contribution in [0.15, 0.2) is 29.6 Å². The van der Waals surface area contributed by atoms with E-state index >= 15 is 0 Å². The Labute approximate surface area is 178 Å². The molecule has 4 heterocycles. The Morgan fingerprint density at radius 1 is 1.07 bits per heavy atom. The Hall–Kier alpha value is -2.94. The van der Waals surface area contributed by atoms with Crippen molar-refractivity contribution < 1.29 is 9.59 Å². The van der Waals surface area contributed by atoms with Crippen LogP contribution in [0.25, 0.3) is 11.0 Å². The summed E-state index contributed by atoms with van der Waals surface area (Å²) in [6.45, 7) is 3.73. The molecule has 0 saturated carbocycles. The largest absolute Gasteiger partial charge is 0.341 e. The standard InChI is InChI=1S/C21H24N6O2S/c28-18-7-3-10-27(18)21-22-15(14-30-21)13-19(29)25-8-4-9-26(12-11-25)20-23-16-5-1-2-6-17(16)24-20/h1-2,5-6,14H,3-4,7-13H2,(H,23,24). The van der Waals surface area contributed by atoms with Crippen molar-refractivity contribution >= 4 is 45.3 Å². The maximum absolute atomic E-state index is 12.9. The van der Waals surface area contributed by atoms with E-state index in [1.807, 2.05) is 34.5 Å². The minimum atomic E-state index is 0.0889. The summed E-state index contributed by atoms with van der Waals surface area (Å²) in [5, 5.41) is 2.62. The summed E-state index contributed by atoms with van der Waals surface area (Å²) in [5.74, 6) is 1.08. The first-order valence-corrected chi connectivity index (χ1v) is 11.3. The number of imidazole rings is 1. The number of thiazole rings is 1. The lowest BCUT2D eigenvalue weighted by Crippen LogP contribution is -2.36. The summed E-state index contributed by atoms with van der Waals surface area (Å²) in [6, 6.07) is 8.01. The lowest BCUT2D eigenvalue weighted by atomic mass is 10.3. The van der Waals surface area contributed by atoms with Crippen molar-refractivity contribution in [3.8, 4) is 0 Å². The molecule has 156 valence electrons. The molecule has 1 N–H and O–H groups in total. The monoisotopic (exact) mass is 424 g/mol. The van der Waals surface area contributed by atoms with Gasteiger partial charge in [0.1, 0.15) is 0 Å². The van der Waals surface area contributed by atoms with Gasteiger partial charge in [-0.2, -0.15) is 0 Å². The van der Waals surface area contributed by atoms with Crippen LogP contribution in [0.2, 0.25) is 0 Å². The van der Waals surface area contributed by atoms with Gasteiger partial charge in [0.2, 0.25) is 17.8 Å². The van der Waals surface area contributed by atoms with E-state index in [1.165, 1.54) is 11.3 Å². The molecule has 5 rings (SSSR count). The highest BCUT2D eigenvalue weighted by Crippen LogP contribution is 2.26. The predicted molar refractivity (Wildman–Crippen MR) is 117 cm³/mol. The van der Waals surface area contributed by atoms with Crippen molar-refractivity contribution in [3.63, 3.8) is 0 Å². The molecule has 2 aromatic heterocycles. The van der Waals surface area contributed by atoms with Crippen molar-refractivity contribution in [2.75, 3.05) is 42.5 Å². The normalized spacial score (nSPS) is 17.7. The molecule has 3 aromatic rings. The second-order valence-corrected chi connectivity index (χ2v) is 8.58. The Balaban J connectivity index is 1.21. The molecule has 2 aliphatic rings. The zero-order valence-corrected chi connectivity index (χ0v) is 17.5. The van der Waals surface area contributed by atoms with Crippen LogP contribution in [-0.4, -0.2) is 64.4 Å². The van der Waals surface area contributed by atoms with Gasteiger partial charge in [-0.3, -0.25) is 14.5 Å². The molecule has 2 saturated heterocycles. The van der Waals surface area contributed by atoms with Gasteiger partial charge in [0, 0.05) is 44.5 Å². The van der Waals surface area contributed by atoms with E-state index in [4.69, 9.17) is 0 Å². The minimum absolute atomic E-state index is 0.0889. The summed E-state index contributed by atoms with van der Waals surface area (Å²) in [6.07, 6.45) is 2.64. The Kier molecular flexibility index (Phi) is 5.12. The molecule has 0 radical (unpaired) electrons. The number of hydrogen-bond donors (Lipinski definition) is 1. The van der Waals surface area contributed by atoms with Crippen molar-refractivity contribution in [3.05, 3.63) is 35.3 Å². The number of anilines is 2. The SMILES string of the molecule is O=C(Cc1csc(N2CCCC2=O)n1)N1CCCN(c2nc3ccccc3[nH]2)CC1. The van der Waals surface area contributed by atoms with Crippen LogP contribution in [0.5, 0.6) is 0 Å². The molecule has 30 heavy (non-hydrogen) atoms. The third kappa shape index (κ3) is 3.77. The zero-order valence-electron chi connectivity index (χ0n) is 16.7. The quantitative estimate of drug-likeness (QED) is 0.695. The number of benzene rings is 1. The highest BCUT2D eigenvalue weighted by Gasteiger charge is 2.25. The second-order valence-electron chi connectivity index (χ2n) is 7.75. The minimum Gasteiger partial charge on any atom is -0.341 e. The van der Waals surface area contributed by atoms with Gasteiger partial charge in [0.25, 0.3) is 0 Å². The molecule has 2 fully saturated rings. The fourth-order valence-electron chi connectivity index (χ4n) is 4.09. The topological polar surface area (TPSA) is 85.4 Å². The van der Waals surface area contributed by atoms with Gasteiger partial charge in [-0.25, -0.2) is 9.97 Å². The summed E-state index contributed by atoms with van der Waals surface area (Å²) in [7, 11) is 0. The summed E-state index contributed by atoms with van der Waals surface area (Å²) < 4.78 is 0. The first kappa shape index (κ1) is 19.0. The number of hydrogen-bond acceptors (Lipinski definition) is 6. The molecule has 0 aliphatic carbocycles. The fourth-order valence-corrected chi connectivity index (χ4v) is 4.95. The van der Waals surface area contributed by atoms with Gasteiger partial charge in [0.05, 0.1) is 23.1 Å². The van der Waals surface area contributed by atoms with Gasteiger partial charge < -0.3 is 14.8 Å². The van der Waals surface area contributed by atoms with Gasteiger partial charge in [-0.05, 0) is 25.0 Å². The van der Waals surface area contributed by atoms with Crippen LogP contribution >= 0.6 is 11.3 Å². The van der Waals surface area contributed by atoms with Crippen molar-refractivity contribution in [1.82, 2.24) is 19.9 Å². The second kappa shape index (κ2) is 8.06. The van der Waals surface area contributed by atoms with Crippen LogP contribution < -0.4 is 9.80 Å². The van der Waals surface area contributed by atoms with E-state index in [1.54, 1.807) is 4.90 Å². The van der Waals surface area contributed by atoms with Crippen molar-refractivity contribution in [1.29, 1.82) is 0 Å². The molecular weight excluding hydrogens is 400 g/mol. The number of amides is 2. The van der Waals surface area contributed by atoms with Crippen LogP contribution in [0.4, 0.5) is 11.1 Å². The molecule has 0 atom stereocenters. The molecule has 8 nitrogen and oxygen atoms in total. The van der Waals surface area contributed by atoms with E-state index in [-0.39, 0.29) is 18.2 Å². The van der Waals surface area contributed by atoms with Gasteiger partial charge in [0.15, 0.2) is 5.13 Å². The highest BCUT2D eigenvalue weighted by molar-refractivity contribution is 7.14. The molecule has 0 spiro atoms. The maximum atomic E-state index is 12.9. The summed E-state index contributed by atoms with van der Waals surface area (Å²) in [4.78, 5) is 43.2. The first-order valence-electron chi connectivity index (χ1n) is 10.4. The molecule has 1 aromatic carbocycles. The lowest BCUT2D eigenvalue weighted by molar-refractivity contribution is -0.130. The van der Waals surface area contributed by atoms with Crippen LogP contribution in [-0.2, 0) is 16.0 Å². The molecule has 0 bridgehead atoms. The third-order valence-electron chi connectivity index (χ3n) is 5.70. The van der Waals surface area contributed by atoms with Crippen molar-refractivity contribution in [2.24, 2.45) is 0 Å². The number of carbonyl (C=O) groups is 2. The number of aromatic nitrogens is 3. The van der Waals surface area contributed by atoms with E-state index in [0.717, 1.165) is 61.7 Å². The molecule has 2 amide bonds. The van der Waals surface area contributed by atoms with Crippen LogP contribution in [0.1, 0.15) is 25.0 Å². The number of carbonyl (C=O) groups excluding carboxylic acids is 2. The molecule has 9 heteroatoms. The number of H-pyrrole nitrogens is 1. The van der Waals surface area contributed by atoms with E-state index in [0.29, 0.717) is 18.1 Å². The van der Waals surface area contributed by atoms with E-state index < -0.39 is 0 Å². The maximum Gasteiger partial charge on any atom is 0.228 e. The Morgan fingerprint density at radius 2 is 1.97 bits per heavy atom. The smallest absolute Gasteiger partial charge is 0.228 e. The number of nitrogens with zero attached hydrogens (tertiary/aromatic N) is 5. The molecule has 0 unspecified atom stereocenters. The van der Waals surface area contributed by atoms with Crippen LogP contribution in [0.3, 0.4) is 0 Å². The number of rotatable bonds is 4. The lowest BCUT2D eigenvalue weighted by Gasteiger charge is -2.21. The number of para-hydroxylation sites is 2. The molecular formula is C21H24N6O2S. The van der Waals surface area contributed by atoms with Crippen molar-refractivity contribution in [2.45, 2.75) is 25.7 Å². The average Bonchev–Trinajstić information content (AvgIpc) is 3.44. The zero-order chi connectivity index (χ0) is 20.5. The number of fused-ring (bicyclic) bond motifs is 1. The van der Waals surface area contributed by atoms with Gasteiger partial charge in [-0.1, -0.05) is 12.1 Å². The Bertz CT molecular complexity index is 1040. The summed E-state index contributed by atoms with van der Waals surface area (Å²) in [5.41, 5.74) is 2.74. The average molecular weight is 425 g/mol. The fraction of sp³-hybridized carbons (Fsp3) is 0.429. The summed E-state index contributed by atoms with van der Waals surface area (Å²) >= 11 is 1.45. The number of nitrogens with one attached hydrogen (secondary N) is 1. The molecule has 2 aliphatic heterocycles. The third-order valence-corrected chi connectivity index (χ3v) is 6.61. The first-order chi connectivity index (χ1) is 14.7.